The fourth-order valence-corrected chi connectivity index (χ4v) is 2.82. The SMILES string of the molecule is C=C(/C=C\C=C/C)[C@@]1(C)CCc2c([nH]c(=O)n(C(C)C)c2=O)N1. The minimum Gasteiger partial charge on any atom is -0.362 e. The van der Waals surface area contributed by atoms with E-state index in [9.17, 15) is 9.59 Å². The highest BCUT2D eigenvalue weighted by molar-refractivity contribution is 5.52. The van der Waals surface area contributed by atoms with Gasteiger partial charge in [0.25, 0.3) is 5.56 Å². The maximum atomic E-state index is 12.5. The Balaban J connectivity index is 2.40. The third-order valence-electron chi connectivity index (χ3n) is 4.33. The molecule has 1 atom stereocenters. The van der Waals surface area contributed by atoms with Crippen LogP contribution in [0.1, 0.15) is 45.7 Å². The van der Waals surface area contributed by atoms with E-state index in [4.69, 9.17) is 0 Å². The molecule has 0 bridgehead atoms. The lowest BCUT2D eigenvalue weighted by Gasteiger charge is -2.37. The molecule has 1 aliphatic rings. The maximum Gasteiger partial charge on any atom is 0.330 e. The molecule has 2 heterocycles. The third kappa shape index (κ3) is 3.23. The van der Waals surface area contributed by atoms with Gasteiger partial charge in [0, 0.05) is 6.04 Å². The number of H-pyrrole nitrogens is 1. The number of allylic oxidation sites excluding steroid dienone is 3. The van der Waals surface area contributed by atoms with Crippen LogP contribution in [0.3, 0.4) is 0 Å². The third-order valence-corrected chi connectivity index (χ3v) is 4.33. The zero-order chi connectivity index (χ0) is 17.2. The molecule has 1 aliphatic heterocycles. The van der Waals surface area contributed by atoms with Crippen molar-refractivity contribution in [2.24, 2.45) is 0 Å². The van der Waals surface area contributed by atoms with Crippen LogP contribution in [0.15, 0.2) is 46.0 Å². The van der Waals surface area contributed by atoms with Crippen molar-refractivity contribution in [2.75, 3.05) is 5.32 Å². The molecule has 0 amide bonds. The maximum absolute atomic E-state index is 12.5. The molecule has 0 aliphatic carbocycles. The summed E-state index contributed by atoms with van der Waals surface area (Å²) in [5, 5.41) is 3.30. The molecule has 1 aromatic rings. The lowest BCUT2D eigenvalue weighted by atomic mass is 9.83. The van der Waals surface area contributed by atoms with E-state index < -0.39 is 0 Å². The van der Waals surface area contributed by atoms with Gasteiger partial charge >= 0.3 is 5.69 Å². The first kappa shape index (κ1) is 17.1. The summed E-state index contributed by atoms with van der Waals surface area (Å²) in [6.45, 7) is 11.8. The zero-order valence-electron chi connectivity index (χ0n) is 14.3. The predicted octanol–water partition coefficient (Wildman–Crippen LogP) is 2.92. The van der Waals surface area contributed by atoms with E-state index in [1.54, 1.807) is 0 Å². The van der Waals surface area contributed by atoms with Crippen molar-refractivity contribution in [3.05, 3.63) is 62.9 Å². The quantitative estimate of drug-likeness (QED) is 0.840. The fourth-order valence-electron chi connectivity index (χ4n) is 2.82. The summed E-state index contributed by atoms with van der Waals surface area (Å²) in [5.74, 6) is 0.520. The first-order chi connectivity index (χ1) is 10.8. The van der Waals surface area contributed by atoms with Gasteiger partial charge in [-0.3, -0.25) is 14.3 Å². The monoisotopic (exact) mass is 315 g/mol. The van der Waals surface area contributed by atoms with Gasteiger partial charge in [-0.2, -0.15) is 0 Å². The van der Waals surface area contributed by atoms with Crippen LogP contribution in [-0.4, -0.2) is 15.1 Å². The number of nitrogens with zero attached hydrogens (tertiary/aromatic N) is 1. The second kappa shape index (κ2) is 6.44. The molecule has 0 spiro atoms. The number of rotatable bonds is 4. The van der Waals surface area contributed by atoms with Gasteiger partial charge in [-0.15, -0.1) is 0 Å². The molecule has 1 aromatic heterocycles. The molecule has 5 heteroatoms. The Bertz CT molecular complexity index is 780. The van der Waals surface area contributed by atoms with Crippen molar-refractivity contribution in [1.29, 1.82) is 0 Å². The fraction of sp³-hybridized carbons (Fsp3) is 0.444. The molecule has 5 nitrogen and oxygen atoms in total. The van der Waals surface area contributed by atoms with Gasteiger partial charge in [0.1, 0.15) is 5.82 Å². The Hall–Kier alpha value is -2.30. The van der Waals surface area contributed by atoms with Gasteiger partial charge in [-0.1, -0.05) is 30.9 Å². The standard InChI is InChI=1S/C18H25N3O2/c1-6-7-8-9-13(4)18(5)11-10-14-15(20-18)19-17(23)21(12(2)3)16(14)22/h6-9,12,20H,4,10-11H2,1-3,5H3,(H,19,23)/b7-6-,9-8-/t18-/m1/s1. The number of aromatic nitrogens is 2. The van der Waals surface area contributed by atoms with Gasteiger partial charge in [0.15, 0.2) is 0 Å². The molecule has 0 radical (unpaired) electrons. The van der Waals surface area contributed by atoms with Crippen LogP contribution < -0.4 is 16.6 Å². The number of hydrogen-bond acceptors (Lipinski definition) is 3. The largest absolute Gasteiger partial charge is 0.362 e. The summed E-state index contributed by atoms with van der Waals surface area (Å²) in [7, 11) is 0. The molecule has 2 N–H and O–H groups in total. The second-order valence-corrected chi connectivity index (χ2v) is 6.42. The number of fused-ring (bicyclic) bond motifs is 1. The number of hydrogen-bond donors (Lipinski definition) is 2. The molecule has 0 unspecified atom stereocenters. The Morgan fingerprint density at radius 2 is 2.04 bits per heavy atom. The van der Waals surface area contributed by atoms with E-state index in [1.807, 2.05) is 52.0 Å². The molecular formula is C18H25N3O2. The van der Waals surface area contributed by atoms with Gasteiger partial charge < -0.3 is 5.32 Å². The summed E-state index contributed by atoms with van der Waals surface area (Å²) >= 11 is 0. The highest BCUT2D eigenvalue weighted by atomic mass is 16.2. The van der Waals surface area contributed by atoms with Crippen LogP contribution >= 0.6 is 0 Å². The van der Waals surface area contributed by atoms with Gasteiger partial charge in [0.05, 0.1) is 11.1 Å². The summed E-state index contributed by atoms with van der Waals surface area (Å²) in [4.78, 5) is 27.5. The van der Waals surface area contributed by atoms with Crippen molar-refractivity contribution in [3.63, 3.8) is 0 Å². The zero-order valence-corrected chi connectivity index (χ0v) is 14.3. The smallest absolute Gasteiger partial charge is 0.330 e. The van der Waals surface area contributed by atoms with Crippen molar-refractivity contribution in [1.82, 2.24) is 9.55 Å². The normalized spacial score (nSPS) is 20.9. The minimum atomic E-state index is -0.384. The van der Waals surface area contributed by atoms with Crippen LogP contribution in [0, 0.1) is 0 Å². The van der Waals surface area contributed by atoms with E-state index in [1.165, 1.54) is 4.57 Å². The van der Waals surface area contributed by atoms with Crippen LogP contribution in [-0.2, 0) is 6.42 Å². The molecule has 23 heavy (non-hydrogen) atoms. The Morgan fingerprint density at radius 1 is 1.35 bits per heavy atom. The Labute approximate surface area is 136 Å². The van der Waals surface area contributed by atoms with E-state index in [0.717, 1.165) is 12.0 Å². The highest BCUT2D eigenvalue weighted by Crippen LogP contribution is 2.32. The lowest BCUT2D eigenvalue weighted by molar-refractivity contribution is 0.501. The summed E-state index contributed by atoms with van der Waals surface area (Å²) in [6, 6.07) is -0.163. The van der Waals surface area contributed by atoms with Crippen LogP contribution in [0.4, 0.5) is 5.82 Å². The number of nitrogens with one attached hydrogen (secondary N) is 2. The molecule has 0 aromatic carbocycles. The van der Waals surface area contributed by atoms with Crippen LogP contribution in [0.2, 0.25) is 0 Å². The molecule has 0 saturated carbocycles. The summed E-state index contributed by atoms with van der Waals surface area (Å²) in [5.41, 5.74) is 0.583. The van der Waals surface area contributed by atoms with E-state index in [2.05, 4.69) is 16.9 Å². The van der Waals surface area contributed by atoms with Crippen molar-refractivity contribution < 1.29 is 0 Å². The second-order valence-electron chi connectivity index (χ2n) is 6.42. The molecule has 2 rings (SSSR count). The van der Waals surface area contributed by atoms with Gasteiger partial charge in [0.2, 0.25) is 0 Å². The summed E-state index contributed by atoms with van der Waals surface area (Å²) in [6.07, 6.45) is 9.13. The van der Waals surface area contributed by atoms with Crippen LogP contribution in [0.25, 0.3) is 0 Å². The highest BCUT2D eigenvalue weighted by Gasteiger charge is 2.33. The Morgan fingerprint density at radius 3 is 2.65 bits per heavy atom. The van der Waals surface area contributed by atoms with Crippen LogP contribution in [0.5, 0.6) is 0 Å². The average molecular weight is 315 g/mol. The molecule has 0 fully saturated rings. The predicted molar refractivity (Wildman–Crippen MR) is 95.2 cm³/mol. The topological polar surface area (TPSA) is 66.9 Å². The minimum absolute atomic E-state index is 0.163. The Kier molecular flexibility index (Phi) is 4.78. The van der Waals surface area contributed by atoms with Crippen molar-refractivity contribution >= 4 is 5.82 Å². The first-order valence-electron chi connectivity index (χ1n) is 7.95. The van der Waals surface area contributed by atoms with E-state index in [0.29, 0.717) is 17.8 Å². The van der Waals surface area contributed by atoms with E-state index >= 15 is 0 Å². The van der Waals surface area contributed by atoms with Gasteiger partial charge in [-0.25, -0.2) is 4.79 Å². The van der Waals surface area contributed by atoms with Crippen molar-refractivity contribution in [3.8, 4) is 0 Å². The van der Waals surface area contributed by atoms with Crippen molar-refractivity contribution in [2.45, 2.75) is 52.1 Å². The number of aromatic amines is 1. The number of anilines is 1. The summed E-state index contributed by atoms with van der Waals surface area (Å²) < 4.78 is 1.27. The molecular weight excluding hydrogens is 290 g/mol. The van der Waals surface area contributed by atoms with Gasteiger partial charge in [-0.05, 0) is 46.1 Å². The molecule has 0 saturated heterocycles. The first-order valence-corrected chi connectivity index (χ1v) is 7.95. The lowest BCUT2D eigenvalue weighted by Crippen LogP contribution is -2.46. The average Bonchev–Trinajstić information content (AvgIpc) is 2.46. The van der Waals surface area contributed by atoms with E-state index in [-0.39, 0.29) is 22.8 Å². The molecule has 124 valence electrons.